The van der Waals surface area contributed by atoms with Crippen LogP contribution in [0.1, 0.15) is 23.0 Å². The summed E-state index contributed by atoms with van der Waals surface area (Å²) in [5.41, 5.74) is 3.63. The third kappa shape index (κ3) is 2.73. The van der Waals surface area contributed by atoms with E-state index in [4.69, 9.17) is 4.74 Å². The van der Waals surface area contributed by atoms with Crippen LogP contribution < -0.4 is 0 Å². The Morgan fingerprint density at radius 2 is 1.83 bits per heavy atom. The molecule has 2 aromatic carbocycles. The average molecular weight is 303 g/mol. The number of fused-ring (bicyclic) bond motifs is 1. The molecule has 0 atom stereocenters. The summed E-state index contributed by atoms with van der Waals surface area (Å²) in [5.74, 6) is -0.375. The maximum atomic E-state index is 12.6. The molecule has 3 rings (SSSR count). The van der Waals surface area contributed by atoms with Crippen LogP contribution in [0.3, 0.4) is 0 Å². The summed E-state index contributed by atoms with van der Waals surface area (Å²) in [4.78, 5) is 17.1. The average Bonchev–Trinajstić information content (AvgIpc) is 2.60. The van der Waals surface area contributed by atoms with Crippen molar-refractivity contribution in [1.82, 2.24) is 4.98 Å². The van der Waals surface area contributed by atoms with Crippen molar-refractivity contribution in [3.63, 3.8) is 0 Å². The number of carbonyl (C=O) groups excluding carboxylic acids is 1. The van der Waals surface area contributed by atoms with Crippen LogP contribution in [0, 0.1) is 0 Å². The van der Waals surface area contributed by atoms with Crippen LogP contribution >= 0.6 is 0 Å². The summed E-state index contributed by atoms with van der Waals surface area (Å²) in [6.45, 7) is 5.92. The van der Waals surface area contributed by atoms with Crippen molar-refractivity contribution in [2.45, 2.75) is 6.92 Å². The van der Waals surface area contributed by atoms with E-state index in [0.29, 0.717) is 17.9 Å². The second-order valence-electron chi connectivity index (χ2n) is 5.05. The van der Waals surface area contributed by atoms with Gasteiger partial charge in [0.1, 0.15) is 0 Å². The summed E-state index contributed by atoms with van der Waals surface area (Å²) in [6, 6.07) is 17.6. The molecule has 0 saturated carbocycles. The van der Waals surface area contributed by atoms with Crippen molar-refractivity contribution in [2.75, 3.05) is 6.61 Å². The largest absolute Gasteiger partial charge is 0.462 e. The topological polar surface area (TPSA) is 39.2 Å². The molecule has 0 radical (unpaired) electrons. The maximum absolute atomic E-state index is 12.6. The molecule has 3 aromatic rings. The smallest absolute Gasteiger partial charge is 0.340 e. The van der Waals surface area contributed by atoms with E-state index in [-0.39, 0.29) is 5.97 Å². The molecule has 114 valence electrons. The number of hydrogen-bond acceptors (Lipinski definition) is 3. The van der Waals surface area contributed by atoms with E-state index in [9.17, 15) is 4.79 Å². The maximum Gasteiger partial charge on any atom is 0.340 e. The molecule has 0 unspecified atom stereocenters. The predicted molar refractivity (Wildman–Crippen MR) is 93.2 cm³/mol. The van der Waals surface area contributed by atoms with Crippen LogP contribution in [-0.2, 0) is 4.74 Å². The first-order valence-corrected chi connectivity index (χ1v) is 7.54. The molecule has 0 aliphatic carbocycles. The number of hydrogen-bond donors (Lipinski definition) is 0. The molecule has 0 aliphatic heterocycles. The molecular formula is C20H17NO2. The van der Waals surface area contributed by atoms with Crippen LogP contribution in [0.25, 0.3) is 28.1 Å². The molecule has 3 heteroatoms. The summed E-state index contributed by atoms with van der Waals surface area (Å²) in [6.07, 6.45) is 1.60. The number of aromatic nitrogens is 1. The molecule has 1 aromatic heterocycles. The Kier molecular flexibility index (Phi) is 4.20. The monoisotopic (exact) mass is 303 g/mol. The summed E-state index contributed by atoms with van der Waals surface area (Å²) >= 11 is 0. The minimum absolute atomic E-state index is 0.316. The lowest BCUT2D eigenvalue weighted by molar-refractivity contribution is 0.0527. The molecule has 3 nitrogen and oxygen atoms in total. The highest BCUT2D eigenvalue weighted by molar-refractivity contribution is 6.09. The number of esters is 1. The molecule has 0 fully saturated rings. The summed E-state index contributed by atoms with van der Waals surface area (Å²) in [7, 11) is 0. The highest BCUT2D eigenvalue weighted by atomic mass is 16.5. The number of ether oxygens (including phenoxy) is 1. The number of pyridine rings is 1. The zero-order valence-electron chi connectivity index (χ0n) is 13.0. The zero-order chi connectivity index (χ0) is 16.2. The van der Waals surface area contributed by atoms with Crippen LogP contribution in [0.15, 0.2) is 61.2 Å². The molecule has 0 amide bonds. The van der Waals surface area contributed by atoms with Gasteiger partial charge in [-0.2, -0.15) is 0 Å². The Hall–Kier alpha value is -2.94. The van der Waals surface area contributed by atoms with Crippen molar-refractivity contribution >= 4 is 22.9 Å². The first-order valence-electron chi connectivity index (χ1n) is 7.54. The van der Waals surface area contributed by atoms with E-state index in [2.05, 4.69) is 11.6 Å². The van der Waals surface area contributed by atoms with Gasteiger partial charge in [0.2, 0.25) is 0 Å². The normalized spacial score (nSPS) is 10.5. The number of nitrogens with zero attached hydrogens (tertiary/aromatic N) is 1. The van der Waals surface area contributed by atoms with Gasteiger partial charge in [-0.3, -0.25) is 0 Å². The van der Waals surface area contributed by atoms with Crippen molar-refractivity contribution in [3.8, 4) is 11.1 Å². The van der Waals surface area contributed by atoms with Crippen molar-refractivity contribution in [1.29, 1.82) is 0 Å². The molecule has 1 heterocycles. The quantitative estimate of drug-likeness (QED) is 0.655. The Bertz CT molecular complexity index is 869. The van der Waals surface area contributed by atoms with Gasteiger partial charge in [-0.05, 0) is 24.6 Å². The second-order valence-corrected chi connectivity index (χ2v) is 5.05. The van der Waals surface area contributed by atoms with Gasteiger partial charge in [0.15, 0.2) is 0 Å². The molecule has 23 heavy (non-hydrogen) atoms. The lowest BCUT2D eigenvalue weighted by atomic mass is 9.94. The van der Waals surface area contributed by atoms with Crippen molar-refractivity contribution < 1.29 is 9.53 Å². The fourth-order valence-electron chi connectivity index (χ4n) is 2.69. The lowest BCUT2D eigenvalue weighted by Crippen LogP contribution is -2.10. The molecule has 0 bridgehead atoms. The third-order valence-electron chi connectivity index (χ3n) is 3.66. The first-order chi connectivity index (χ1) is 11.3. The minimum atomic E-state index is -0.375. The Labute approximate surface area is 135 Å². The van der Waals surface area contributed by atoms with Gasteiger partial charge in [0.25, 0.3) is 0 Å². The Balaban J connectivity index is 2.42. The van der Waals surface area contributed by atoms with Gasteiger partial charge in [-0.15, -0.1) is 0 Å². The van der Waals surface area contributed by atoms with Crippen molar-refractivity contribution in [3.05, 3.63) is 72.4 Å². The Morgan fingerprint density at radius 3 is 2.52 bits per heavy atom. The zero-order valence-corrected chi connectivity index (χ0v) is 13.0. The molecule has 0 saturated heterocycles. The van der Waals surface area contributed by atoms with E-state index < -0.39 is 0 Å². The number of benzene rings is 2. The predicted octanol–water partition coefficient (Wildman–Crippen LogP) is 4.72. The van der Waals surface area contributed by atoms with Gasteiger partial charge in [0, 0.05) is 10.9 Å². The minimum Gasteiger partial charge on any atom is -0.462 e. The van der Waals surface area contributed by atoms with Crippen LogP contribution in [-0.4, -0.2) is 17.6 Å². The van der Waals surface area contributed by atoms with Crippen molar-refractivity contribution in [2.24, 2.45) is 0 Å². The van der Waals surface area contributed by atoms with Gasteiger partial charge in [-0.1, -0.05) is 55.1 Å². The van der Waals surface area contributed by atoms with Crippen LogP contribution in [0.5, 0.6) is 0 Å². The SMILES string of the molecule is C=Cc1nc2ccccc2c(-c2ccccc2)c1C(=O)OCC. The highest BCUT2D eigenvalue weighted by Crippen LogP contribution is 2.34. The second kappa shape index (κ2) is 6.44. The fourth-order valence-corrected chi connectivity index (χ4v) is 2.69. The number of carbonyl (C=O) groups is 1. The van der Waals surface area contributed by atoms with E-state index in [1.165, 1.54) is 0 Å². The number of rotatable bonds is 4. The summed E-state index contributed by atoms with van der Waals surface area (Å²) in [5, 5.41) is 0.923. The Morgan fingerprint density at radius 1 is 1.13 bits per heavy atom. The van der Waals surface area contributed by atoms with Gasteiger partial charge in [-0.25, -0.2) is 9.78 Å². The van der Waals surface area contributed by atoms with E-state index in [1.54, 1.807) is 13.0 Å². The molecule has 0 N–H and O–H groups in total. The van der Waals surface area contributed by atoms with Gasteiger partial charge < -0.3 is 4.74 Å². The van der Waals surface area contributed by atoms with Crippen LogP contribution in [0.2, 0.25) is 0 Å². The molecule has 0 spiro atoms. The third-order valence-corrected chi connectivity index (χ3v) is 3.66. The summed E-state index contributed by atoms with van der Waals surface area (Å²) < 4.78 is 5.25. The van der Waals surface area contributed by atoms with Gasteiger partial charge in [0.05, 0.1) is 23.4 Å². The number of para-hydroxylation sites is 1. The van der Waals surface area contributed by atoms with E-state index in [0.717, 1.165) is 22.0 Å². The molecule has 0 aliphatic rings. The standard InChI is InChI=1S/C20H17NO2/c1-3-16-19(20(22)23-4-2)18(14-10-6-5-7-11-14)15-12-8-9-13-17(15)21-16/h3,5-13H,1,4H2,2H3. The highest BCUT2D eigenvalue weighted by Gasteiger charge is 2.21. The lowest BCUT2D eigenvalue weighted by Gasteiger charge is -2.15. The molecular weight excluding hydrogens is 286 g/mol. The fraction of sp³-hybridized carbons (Fsp3) is 0.100. The van der Waals surface area contributed by atoms with E-state index in [1.807, 2.05) is 54.6 Å². The first kappa shape index (κ1) is 15.0. The van der Waals surface area contributed by atoms with Crippen LogP contribution in [0.4, 0.5) is 0 Å². The van der Waals surface area contributed by atoms with E-state index >= 15 is 0 Å². The van der Waals surface area contributed by atoms with Gasteiger partial charge >= 0.3 is 5.97 Å².